The molecule has 0 aliphatic carbocycles. The van der Waals surface area contributed by atoms with E-state index in [1.807, 2.05) is 46.8 Å². The summed E-state index contributed by atoms with van der Waals surface area (Å²) < 4.78 is 21.6. The van der Waals surface area contributed by atoms with Crippen LogP contribution in [0, 0.1) is 0 Å². The molecule has 0 fully saturated rings. The van der Waals surface area contributed by atoms with Crippen LogP contribution in [0.3, 0.4) is 0 Å². The molecule has 1 amide bonds. The highest BCUT2D eigenvalue weighted by Crippen LogP contribution is 2.39. The molecule has 1 aromatic rings. The number of nitrogens with zero attached hydrogens (tertiary/aromatic N) is 1. The van der Waals surface area contributed by atoms with E-state index < -0.39 is 17.2 Å². The van der Waals surface area contributed by atoms with Gasteiger partial charge in [0.15, 0.2) is 17.5 Å². The molecule has 0 aliphatic heterocycles. The Bertz CT molecular complexity index is 748. The second-order valence-corrected chi connectivity index (χ2v) is 8.28. The van der Waals surface area contributed by atoms with E-state index in [9.17, 15) is 4.79 Å². The van der Waals surface area contributed by atoms with Crippen LogP contribution in [0.25, 0.3) is 0 Å². The van der Waals surface area contributed by atoms with Crippen molar-refractivity contribution in [2.45, 2.75) is 52.3 Å². The number of aliphatic imine (C=N–C) groups is 1. The lowest BCUT2D eigenvalue weighted by Crippen LogP contribution is -2.54. The molecule has 10 heteroatoms. The molecule has 0 aliphatic rings. The van der Waals surface area contributed by atoms with Gasteiger partial charge in [0.25, 0.3) is 0 Å². The molecule has 0 heterocycles. The number of hydrogen-bond donors (Lipinski definition) is 3. The summed E-state index contributed by atoms with van der Waals surface area (Å²) in [6.45, 7) is 10.2. The number of halogens is 1. The van der Waals surface area contributed by atoms with Crippen molar-refractivity contribution in [2.24, 2.45) is 4.99 Å². The number of alkyl carbamates (subject to hydrolysis) is 1. The van der Waals surface area contributed by atoms with Crippen LogP contribution in [0.1, 0.15) is 40.2 Å². The first-order valence-electron chi connectivity index (χ1n) is 9.70. The van der Waals surface area contributed by atoms with Gasteiger partial charge in [0.05, 0.1) is 26.9 Å². The largest absolute Gasteiger partial charge is 0.493 e. The van der Waals surface area contributed by atoms with Gasteiger partial charge in [0.1, 0.15) is 5.60 Å². The molecule has 31 heavy (non-hydrogen) atoms. The minimum Gasteiger partial charge on any atom is -0.493 e. The van der Waals surface area contributed by atoms with Crippen molar-refractivity contribution in [1.29, 1.82) is 0 Å². The topological polar surface area (TPSA) is 102 Å². The number of rotatable bonds is 8. The van der Waals surface area contributed by atoms with E-state index in [0.717, 1.165) is 5.56 Å². The Hall–Kier alpha value is -2.11. The third-order valence-corrected chi connectivity index (χ3v) is 3.99. The van der Waals surface area contributed by atoms with Gasteiger partial charge < -0.3 is 34.9 Å². The summed E-state index contributed by atoms with van der Waals surface area (Å²) >= 11 is 0. The van der Waals surface area contributed by atoms with Crippen molar-refractivity contribution in [3.63, 3.8) is 0 Å². The van der Waals surface area contributed by atoms with Crippen LogP contribution in [-0.2, 0) is 11.3 Å². The van der Waals surface area contributed by atoms with Gasteiger partial charge in [0.2, 0.25) is 5.75 Å². The quantitative estimate of drug-likeness (QED) is 0.259. The van der Waals surface area contributed by atoms with E-state index in [-0.39, 0.29) is 24.0 Å². The van der Waals surface area contributed by atoms with Gasteiger partial charge in [-0.1, -0.05) is 0 Å². The lowest BCUT2D eigenvalue weighted by molar-refractivity contribution is 0.0474. The molecule has 0 aromatic heterocycles. The maximum absolute atomic E-state index is 12.0. The van der Waals surface area contributed by atoms with Crippen molar-refractivity contribution in [2.75, 3.05) is 34.9 Å². The number of carbonyl (C=O) groups is 1. The van der Waals surface area contributed by atoms with Crippen molar-refractivity contribution in [1.82, 2.24) is 16.0 Å². The van der Waals surface area contributed by atoms with E-state index in [2.05, 4.69) is 20.9 Å². The maximum atomic E-state index is 12.0. The lowest BCUT2D eigenvalue weighted by Gasteiger charge is -2.29. The van der Waals surface area contributed by atoms with Crippen LogP contribution in [0.5, 0.6) is 17.2 Å². The number of guanidine groups is 1. The Labute approximate surface area is 202 Å². The summed E-state index contributed by atoms with van der Waals surface area (Å²) in [5.74, 6) is 2.29. The average molecular weight is 552 g/mol. The molecule has 0 radical (unpaired) electrons. The fraction of sp³-hybridized carbons (Fsp3) is 0.619. The Kier molecular flexibility index (Phi) is 11.8. The number of hydrogen-bond acceptors (Lipinski definition) is 6. The number of nitrogens with one attached hydrogen (secondary N) is 3. The molecule has 0 unspecified atom stereocenters. The monoisotopic (exact) mass is 552 g/mol. The van der Waals surface area contributed by atoms with Crippen LogP contribution in [0.4, 0.5) is 4.79 Å². The van der Waals surface area contributed by atoms with Crippen LogP contribution in [0.2, 0.25) is 0 Å². The predicted molar refractivity (Wildman–Crippen MR) is 133 cm³/mol. The Balaban J connectivity index is 0.00000900. The molecule has 0 saturated heterocycles. The number of carbonyl (C=O) groups excluding carboxylic acids is 1. The highest BCUT2D eigenvalue weighted by atomic mass is 127. The normalized spacial score (nSPS) is 11.7. The van der Waals surface area contributed by atoms with Gasteiger partial charge >= 0.3 is 6.09 Å². The summed E-state index contributed by atoms with van der Waals surface area (Å²) in [6.07, 6.45) is -0.465. The zero-order chi connectivity index (χ0) is 22.9. The average Bonchev–Trinajstić information content (AvgIpc) is 2.65. The first-order valence-corrected chi connectivity index (χ1v) is 9.70. The van der Waals surface area contributed by atoms with Crippen molar-refractivity contribution < 1.29 is 23.7 Å². The highest BCUT2D eigenvalue weighted by Gasteiger charge is 2.25. The first-order chi connectivity index (χ1) is 14.0. The van der Waals surface area contributed by atoms with Crippen molar-refractivity contribution in [3.05, 3.63) is 17.7 Å². The summed E-state index contributed by atoms with van der Waals surface area (Å²) in [5, 5.41) is 9.30. The van der Waals surface area contributed by atoms with E-state index in [0.29, 0.717) is 36.3 Å². The number of methoxy groups -OCH3 is 3. The van der Waals surface area contributed by atoms with Gasteiger partial charge in [-0.2, -0.15) is 0 Å². The Morgan fingerprint density at radius 1 is 0.968 bits per heavy atom. The molecular formula is C21H37IN4O5. The number of benzene rings is 1. The van der Waals surface area contributed by atoms with Crippen molar-refractivity contribution >= 4 is 36.0 Å². The van der Waals surface area contributed by atoms with Gasteiger partial charge in [-0.3, -0.25) is 4.99 Å². The van der Waals surface area contributed by atoms with Crippen LogP contribution >= 0.6 is 24.0 Å². The summed E-state index contributed by atoms with van der Waals surface area (Å²) in [5.41, 5.74) is -0.228. The van der Waals surface area contributed by atoms with Crippen LogP contribution < -0.4 is 30.2 Å². The van der Waals surface area contributed by atoms with Crippen LogP contribution in [-0.4, -0.2) is 58.1 Å². The summed E-state index contributed by atoms with van der Waals surface area (Å²) in [4.78, 5) is 16.3. The summed E-state index contributed by atoms with van der Waals surface area (Å²) in [6, 6.07) is 3.72. The molecule has 178 valence electrons. The van der Waals surface area contributed by atoms with E-state index in [4.69, 9.17) is 18.9 Å². The molecule has 0 bridgehead atoms. The van der Waals surface area contributed by atoms with E-state index >= 15 is 0 Å². The second kappa shape index (κ2) is 12.7. The van der Waals surface area contributed by atoms with Gasteiger partial charge in [-0.05, 0) is 46.8 Å². The van der Waals surface area contributed by atoms with E-state index in [1.165, 1.54) is 0 Å². The number of ether oxygens (including phenoxy) is 4. The SMILES string of the molecule is CN=C(NCc1ccc(OC)c(OC)c1OC)NCC(C)(C)NC(=O)OC(C)(C)C.I. The van der Waals surface area contributed by atoms with Gasteiger partial charge in [-0.25, -0.2) is 4.79 Å². The zero-order valence-electron chi connectivity index (χ0n) is 20.0. The van der Waals surface area contributed by atoms with Crippen molar-refractivity contribution in [3.8, 4) is 17.2 Å². The second-order valence-electron chi connectivity index (χ2n) is 8.28. The molecule has 0 atom stereocenters. The first kappa shape index (κ1) is 28.9. The fourth-order valence-corrected chi connectivity index (χ4v) is 2.63. The molecule has 0 saturated carbocycles. The minimum atomic E-state index is -0.555. The minimum absolute atomic E-state index is 0. The van der Waals surface area contributed by atoms with Gasteiger partial charge in [0, 0.05) is 25.7 Å². The fourth-order valence-electron chi connectivity index (χ4n) is 2.63. The van der Waals surface area contributed by atoms with Gasteiger partial charge in [-0.15, -0.1) is 24.0 Å². The summed E-state index contributed by atoms with van der Waals surface area (Å²) in [7, 11) is 6.40. The van der Waals surface area contributed by atoms with E-state index in [1.54, 1.807) is 28.4 Å². The van der Waals surface area contributed by atoms with Crippen LogP contribution in [0.15, 0.2) is 17.1 Å². The lowest BCUT2D eigenvalue weighted by atomic mass is 10.1. The molecule has 0 spiro atoms. The molecule has 9 nitrogen and oxygen atoms in total. The molecular weight excluding hydrogens is 515 g/mol. The molecule has 1 rings (SSSR count). The third kappa shape index (κ3) is 9.70. The highest BCUT2D eigenvalue weighted by molar-refractivity contribution is 14.0. The standard InChI is InChI=1S/C21H36N4O5.HI/c1-20(2,3)30-19(26)25-21(4,5)13-24-18(22-6)23-12-14-10-11-15(27-7)17(29-9)16(14)28-8;/h10-11H,12-13H2,1-9H3,(H,25,26)(H2,22,23,24);1H. The third-order valence-electron chi connectivity index (χ3n) is 3.99. The molecule has 3 N–H and O–H groups in total. The smallest absolute Gasteiger partial charge is 0.408 e. The number of amides is 1. The Morgan fingerprint density at radius 2 is 1.58 bits per heavy atom. The maximum Gasteiger partial charge on any atom is 0.408 e. The Morgan fingerprint density at radius 3 is 2.06 bits per heavy atom. The molecule has 1 aromatic carbocycles. The predicted octanol–water partition coefficient (Wildman–Crippen LogP) is 3.30. The zero-order valence-corrected chi connectivity index (χ0v) is 22.3.